The van der Waals surface area contributed by atoms with Crippen molar-refractivity contribution in [2.75, 3.05) is 0 Å². The molecular weight excluding hydrogens is 380 g/mol. The smallest absolute Gasteiger partial charge is 0.303 e. The Bertz CT molecular complexity index is 711. The van der Waals surface area contributed by atoms with E-state index < -0.39 is 5.97 Å². The van der Waals surface area contributed by atoms with Crippen LogP contribution in [0.1, 0.15) is 78.6 Å². The van der Waals surface area contributed by atoms with E-state index in [1.54, 1.807) is 0 Å². The third kappa shape index (κ3) is 3.21. The van der Waals surface area contributed by atoms with E-state index in [0.717, 1.165) is 50.7 Å². The minimum absolute atomic E-state index is 0.118. The van der Waals surface area contributed by atoms with Crippen LogP contribution in [0.3, 0.4) is 0 Å². The van der Waals surface area contributed by atoms with Crippen LogP contribution < -0.4 is 5.84 Å². The molecule has 4 saturated carbocycles. The van der Waals surface area contributed by atoms with Gasteiger partial charge in [-0.3, -0.25) is 4.79 Å². The lowest BCUT2D eigenvalue weighted by Crippen LogP contribution is -2.61. The van der Waals surface area contributed by atoms with E-state index in [1.165, 1.54) is 0 Å². The van der Waals surface area contributed by atoms with E-state index >= 15 is 0 Å². The van der Waals surface area contributed by atoms with Crippen molar-refractivity contribution in [3.63, 3.8) is 0 Å². The fraction of sp³-hybridized carbons (Fsp3) is 0.917. The maximum absolute atomic E-state index is 11.6. The van der Waals surface area contributed by atoms with Gasteiger partial charge in [-0.25, -0.2) is 0 Å². The van der Waals surface area contributed by atoms with Gasteiger partial charge >= 0.3 is 5.97 Å². The molecule has 0 heterocycles. The minimum atomic E-state index is -0.742. The Morgan fingerprint density at radius 2 is 1.93 bits per heavy atom. The molecule has 10 atom stereocenters. The molecular formula is C24H40N2O4. The third-order valence-corrected chi connectivity index (χ3v) is 10.3. The SMILES string of the molecule is C[C@H](CCC(=O)O)[C@H]1CC[C@H]2[C@@H]3/C(=N/N)C[C@@H]4CC(O)CC[C@]4(C)[C@H]3C[C@H](O)[C@]12C. The van der Waals surface area contributed by atoms with Gasteiger partial charge in [-0.2, -0.15) is 5.10 Å². The summed E-state index contributed by atoms with van der Waals surface area (Å²) in [6.07, 6.45) is 6.63. The van der Waals surface area contributed by atoms with Gasteiger partial charge in [0.15, 0.2) is 0 Å². The molecule has 0 spiro atoms. The van der Waals surface area contributed by atoms with Gasteiger partial charge in [-0.05, 0) is 86.4 Å². The fourth-order valence-corrected chi connectivity index (χ4v) is 8.56. The minimum Gasteiger partial charge on any atom is -0.481 e. The van der Waals surface area contributed by atoms with Gasteiger partial charge in [0.25, 0.3) is 0 Å². The number of carbonyl (C=O) groups is 1. The molecule has 6 nitrogen and oxygen atoms in total. The lowest BCUT2D eigenvalue weighted by atomic mass is 9.43. The van der Waals surface area contributed by atoms with Crippen molar-refractivity contribution < 1.29 is 20.1 Å². The van der Waals surface area contributed by atoms with Gasteiger partial charge in [0.2, 0.25) is 0 Å². The summed E-state index contributed by atoms with van der Waals surface area (Å²) < 4.78 is 0. The summed E-state index contributed by atoms with van der Waals surface area (Å²) in [4.78, 5) is 11.1. The first-order valence-corrected chi connectivity index (χ1v) is 12.0. The molecule has 4 aliphatic rings. The van der Waals surface area contributed by atoms with Gasteiger partial charge in [-0.15, -0.1) is 0 Å². The molecule has 1 unspecified atom stereocenters. The fourth-order valence-electron chi connectivity index (χ4n) is 8.56. The summed E-state index contributed by atoms with van der Waals surface area (Å²) in [6, 6.07) is 0. The van der Waals surface area contributed by atoms with Crippen LogP contribution in [-0.2, 0) is 4.79 Å². The Hall–Kier alpha value is -1.14. The van der Waals surface area contributed by atoms with Gasteiger partial charge in [-0.1, -0.05) is 20.8 Å². The molecule has 0 amide bonds. The zero-order valence-electron chi connectivity index (χ0n) is 18.8. The molecule has 0 aromatic rings. The number of hydrogen-bond acceptors (Lipinski definition) is 5. The van der Waals surface area contributed by atoms with E-state index in [4.69, 9.17) is 10.9 Å². The van der Waals surface area contributed by atoms with E-state index in [-0.39, 0.29) is 35.4 Å². The highest BCUT2D eigenvalue weighted by atomic mass is 16.4. The van der Waals surface area contributed by atoms with Crippen molar-refractivity contribution in [1.29, 1.82) is 0 Å². The Kier molecular flexibility index (Phi) is 5.72. The number of nitrogens with two attached hydrogens (primary N) is 1. The van der Waals surface area contributed by atoms with Crippen LogP contribution in [0.15, 0.2) is 5.10 Å². The van der Waals surface area contributed by atoms with Crippen molar-refractivity contribution >= 4 is 11.7 Å². The van der Waals surface area contributed by atoms with Crippen molar-refractivity contribution in [3.8, 4) is 0 Å². The molecule has 0 saturated heterocycles. The number of fused-ring (bicyclic) bond motifs is 5. The van der Waals surface area contributed by atoms with Crippen LogP contribution >= 0.6 is 0 Å². The lowest BCUT2D eigenvalue weighted by Gasteiger charge is -2.62. The normalized spacial score (nSPS) is 50.4. The number of aliphatic carboxylic acids is 1. The average Bonchev–Trinajstić information content (AvgIpc) is 3.06. The first-order valence-electron chi connectivity index (χ1n) is 12.0. The second kappa shape index (κ2) is 7.77. The molecule has 0 radical (unpaired) electrons. The number of carboxylic acid groups (broad SMARTS) is 1. The molecule has 4 rings (SSSR count). The summed E-state index contributed by atoms with van der Waals surface area (Å²) >= 11 is 0. The quantitative estimate of drug-likeness (QED) is 0.411. The second-order valence-electron chi connectivity index (χ2n) is 11.4. The number of rotatable bonds is 4. The molecule has 170 valence electrons. The molecule has 6 heteroatoms. The lowest BCUT2D eigenvalue weighted by molar-refractivity contribution is -0.148. The summed E-state index contributed by atoms with van der Waals surface area (Å²) in [5.41, 5.74) is 0.998. The van der Waals surface area contributed by atoms with Crippen LogP contribution in [0.25, 0.3) is 0 Å². The van der Waals surface area contributed by atoms with Crippen LogP contribution in [-0.4, -0.2) is 39.2 Å². The maximum Gasteiger partial charge on any atom is 0.303 e. The Balaban J connectivity index is 1.65. The number of carboxylic acids is 1. The molecule has 4 fully saturated rings. The zero-order valence-corrected chi connectivity index (χ0v) is 18.8. The van der Waals surface area contributed by atoms with E-state index in [2.05, 4.69) is 25.9 Å². The molecule has 30 heavy (non-hydrogen) atoms. The van der Waals surface area contributed by atoms with Crippen molar-refractivity contribution in [1.82, 2.24) is 0 Å². The topological polar surface area (TPSA) is 116 Å². The van der Waals surface area contributed by atoms with Crippen LogP contribution in [0.4, 0.5) is 0 Å². The molecule has 5 N–H and O–H groups in total. The zero-order chi connectivity index (χ0) is 21.8. The molecule has 0 aromatic carbocycles. The molecule has 0 bridgehead atoms. The third-order valence-electron chi connectivity index (χ3n) is 10.3. The highest BCUT2D eigenvalue weighted by molar-refractivity contribution is 5.88. The summed E-state index contributed by atoms with van der Waals surface area (Å²) in [5.74, 6) is 7.19. The number of aliphatic hydroxyl groups is 2. The van der Waals surface area contributed by atoms with E-state index in [9.17, 15) is 15.0 Å². The average molecular weight is 421 g/mol. The van der Waals surface area contributed by atoms with Crippen LogP contribution in [0.5, 0.6) is 0 Å². The second-order valence-corrected chi connectivity index (χ2v) is 11.4. The highest BCUT2D eigenvalue weighted by Crippen LogP contribution is 2.67. The Morgan fingerprint density at radius 3 is 2.60 bits per heavy atom. The standard InChI is InChI=1S/C24H40N2O4/c1-13(4-7-21(29)30)16-5-6-17-22-18(12-20(28)24(16,17)3)23(2)9-8-15(27)10-14(23)11-19(22)26-25/h13-18,20,22,27-28H,4-12,25H2,1-3H3,(H,29,30)/b26-19+/t13-,14+,15?,16-,17+,18+,20+,22+,23+,24-/m1/s1. The van der Waals surface area contributed by atoms with Crippen molar-refractivity contribution in [2.45, 2.75) is 90.8 Å². The van der Waals surface area contributed by atoms with Gasteiger partial charge in [0.05, 0.1) is 12.2 Å². The van der Waals surface area contributed by atoms with Crippen LogP contribution in [0.2, 0.25) is 0 Å². The van der Waals surface area contributed by atoms with Crippen LogP contribution in [0, 0.1) is 46.3 Å². The number of aliphatic hydroxyl groups excluding tert-OH is 2. The predicted octanol–water partition coefficient (Wildman–Crippen LogP) is 3.40. The van der Waals surface area contributed by atoms with E-state index in [1.807, 2.05) is 0 Å². The predicted molar refractivity (Wildman–Crippen MR) is 116 cm³/mol. The van der Waals surface area contributed by atoms with Crippen molar-refractivity contribution in [2.24, 2.45) is 57.3 Å². The summed E-state index contributed by atoms with van der Waals surface area (Å²) in [5, 5.41) is 35.3. The number of hydrogen-bond donors (Lipinski definition) is 4. The highest BCUT2D eigenvalue weighted by Gasteiger charge is 2.65. The largest absolute Gasteiger partial charge is 0.481 e. The Labute approximate surface area is 180 Å². The van der Waals surface area contributed by atoms with Gasteiger partial charge in [0.1, 0.15) is 0 Å². The summed E-state index contributed by atoms with van der Waals surface area (Å²) in [6.45, 7) is 6.80. The number of nitrogens with zero attached hydrogens (tertiary/aromatic N) is 1. The molecule has 0 aliphatic heterocycles. The monoisotopic (exact) mass is 420 g/mol. The molecule has 4 aliphatic carbocycles. The van der Waals surface area contributed by atoms with Gasteiger partial charge < -0.3 is 21.2 Å². The van der Waals surface area contributed by atoms with Crippen molar-refractivity contribution in [3.05, 3.63) is 0 Å². The maximum atomic E-state index is 11.6. The first-order chi connectivity index (χ1) is 14.1. The first kappa shape index (κ1) is 22.1. The molecule has 0 aromatic heterocycles. The summed E-state index contributed by atoms with van der Waals surface area (Å²) in [7, 11) is 0. The van der Waals surface area contributed by atoms with Gasteiger partial charge in [0, 0.05) is 23.5 Å². The Morgan fingerprint density at radius 1 is 1.20 bits per heavy atom. The number of hydrazone groups is 1. The van der Waals surface area contributed by atoms with E-state index in [0.29, 0.717) is 36.0 Å².